The van der Waals surface area contributed by atoms with Gasteiger partial charge in [0, 0.05) is 42.7 Å². The molecule has 0 spiro atoms. The number of amides is 1. The van der Waals surface area contributed by atoms with Crippen LogP contribution in [0.2, 0.25) is 0 Å². The first-order valence-electron chi connectivity index (χ1n) is 8.91. The maximum atomic E-state index is 12.8. The minimum atomic E-state index is -3.64. The van der Waals surface area contributed by atoms with Gasteiger partial charge in [-0.15, -0.1) is 11.3 Å². The number of aryl methyl sites for hydroxylation is 1. The number of hydrogen-bond donors (Lipinski definition) is 0. The number of benzene rings is 1. The molecule has 1 saturated heterocycles. The Morgan fingerprint density at radius 1 is 1.04 bits per heavy atom. The van der Waals surface area contributed by atoms with Crippen molar-refractivity contribution in [3.8, 4) is 0 Å². The monoisotopic (exact) mass is 418 g/mol. The van der Waals surface area contributed by atoms with Crippen molar-refractivity contribution >= 4 is 39.1 Å². The number of sulfonamides is 1. The summed E-state index contributed by atoms with van der Waals surface area (Å²) >= 11 is 1.58. The molecule has 0 aliphatic carbocycles. The second-order valence-corrected chi connectivity index (χ2v) is 9.50. The molecule has 1 amide bonds. The number of carbonyl (C=O) groups excluding carboxylic acids is 2. The van der Waals surface area contributed by atoms with Gasteiger partial charge in [-0.2, -0.15) is 4.31 Å². The molecule has 0 N–H and O–H groups in total. The van der Waals surface area contributed by atoms with Gasteiger partial charge in [-0.3, -0.25) is 9.59 Å². The molecule has 1 aromatic heterocycles. The first-order chi connectivity index (χ1) is 13.3. The number of ketones is 1. The average Bonchev–Trinajstić information content (AvgIpc) is 3.11. The second-order valence-electron chi connectivity index (χ2n) is 6.61. The number of hydrogen-bond acceptors (Lipinski definition) is 5. The van der Waals surface area contributed by atoms with Crippen molar-refractivity contribution in [3.63, 3.8) is 0 Å². The van der Waals surface area contributed by atoms with Gasteiger partial charge in [0.05, 0.1) is 4.90 Å². The van der Waals surface area contributed by atoms with Crippen molar-refractivity contribution in [1.29, 1.82) is 0 Å². The molecule has 2 aromatic rings. The summed E-state index contributed by atoms with van der Waals surface area (Å²) in [6.07, 6.45) is 3.35. The van der Waals surface area contributed by atoms with Crippen LogP contribution < -0.4 is 0 Å². The second kappa shape index (κ2) is 8.38. The van der Waals surface area contributed by atoms with E-state index in [0.717, 1.165) is 10.4 Å². The molecule has 2 heterocycles. The number of piperazine rings is 1. The Kier molecular flexibility index (Phi) is 6.12. The van der Waals surface area contributed by atoms with Crippen LogP contribution in [0.15, 0.2) is 46.7 Å². The molecule has 28 heavy (non-hydrogen) atoms. The molecule has 6 nitrogen and oxygen atoms in total. The summed E-state index contributed by atoms with van der Waals surface area (Å²) in [6.45, 7) is 4.61. The molecule has 1 aromatic carbocycles. The molecule has 1 fully saturated rings. The smallest absolute Gasteiger partial charge is 0.246 e. The Hall–Kier alpha value is -2.29. The summed E-state index contributed by atoms with van der Waals surface area (Å²) in [5.74, 6) is -0.225. The normalized spacial score (nSPS) is 15.9. The minimum Gasteiger partial charge on any atom is -0.337 e. The fourth-order valence-corrected chi connectivity index (χ4v) is 5.21. The first-order valence-corrected chi connectivity index (χ1v) is 11.2. The van der Waals surface area contributed by atoms with Crippen molar-refractivity contribution in [2.45, 2.75) is 18.7 Å². The number of thiophene rings is 1. The largest absolute Gasteiger partial charge is 0.337 e. The molecule has 0 radical (unpaired) electrons. The molecular formula is C20H22N2O4S2. The summed E-state index contributed by atoms with van der Waals surface area (Å²) in [5, 5.41) is 1.98. The fourth-order valence-electron chi connectivity index (χ4n) is 2.97. The lowest BCUT2D eigenvalue weighted by Gasteiger charge is -2.33. The summed E-state index contributed by atoms with van der Waals surface area (Å²) < 4.78 is 27.0. The predicted molar refractivity (Wildman–Crippen MR) is 110 cm³/mol. The molecule has 1 aliphatic rings. The van der Waals surface area contributed by atoms with E-state index < -0.39 is 10.0 Å². The van der Waals surface area contributed by atoms with Gasteiger partial charge >= 0.3 is 0 Å². The van der Waals surface area contributed by atoms with Gasteiger partial charge in [-0.05, 0) is 49.1 Å². The van der Waals surface area contributed by atoms with Crippen molar-refractivity contribution in [3.05, 3.63) is 57.8 Å². The van der Waals surface area contributed by atoms with Crippen LogP contribution in [0.25, 0.3) is 6.08 Å². The molecule has 148 valence electrons. The third-order valence-electron chi connectivity index (χ3n) is 4.73. The molecule has 1 aliphatic heterocycles. The van der Waals surface area contributed by atoms with Gasteiger partial charge in [0.25, 0.3) is 0 Å². The van der Waals surface area contributed by atoms with Crippen LogP contribution >= 0.6 is 11.3 Å². The summed E-state index contributed by atoms with van der Waals surface area (Å²) in [4.78, 5) is 26.6. The lowest BCUT2D eigenvalue weighted by atomic mass is 10.2. The lowest BCUT2D eigenvalue weighted by Crippen LogP contribution is -2.50. The van der Waals surface area contributed by atoms with Crippen LogP contribution in [0.1, 0.15) is 27.7 Å². The van der Waals surface area contributed by atoms with E-state index in [4.69, 9.17) is 0 Å². The van der Waals surface area contributed by atoms with Crippen LogP contribution in [0.5, 0.6) is 0 Å². The van der Waals surface area contributed by atoms with Gasteiger partial charge in [-0.1, -0.05) is 12.1 Å². The quantitative estimate of drug-likeness (QED) is 0.553. The Balaban J connectivity index is 1.62. The topological polar surface area (TPSA) is 74.8 Å². The van der Waals surface area contributed by atoms with E-state index >= 15 is 0 Å². The standard InChI is InChI=1S/C20H22N2O4S2/c1-15-9-14-27-19(15)7-8-20(24)21-10-12-22(13-11-21)28(25,26)18-5-3-17(4-6-18)16(2)23/h3-9,14H,10-13H2,1-2H3. The van der Waals surface area contributed by atoms with Crippen molar-refractivity contribution in [2.75, 3.05) is 26.2 Å². The molecule has 0 saturated carbocycles. The zero-order valence-electron chi connectivity index (χ0n) is 15.8. The molecule has 8 heteroatoms. The third-order valence-corrected chi connectivity index (χ3v) is 7.62. The van der Waals surface area contributed by atoms with Crippen LogP contribution in [0, 0.1) is 6.92 Å². The predicted octanol–water partition coefficient (Wildman–Crippen LogP) is 2.81. The number of Topliss-reactive ketones (excluding diaryl/α,β-unsaturated/α-hetero) is 1. The van der Waals surface area contributed by atoms with Crippen LogP contribution in [-0.4, -0.2) is 55.5 Å². The lowest BCUT2D eigenvalue weighted by molar-refractivity contribution is -0.127. The number of nitrogens with zero attached hydrogens (tertiary/aromatic N) is 2. The van der Waals surface area contributed by atoms with E-state index in [1.807, 2.05) is 24.4 Å². The molecular weight excluding hydrogens is 396 g/mol. The number of rotatable bonds is 5. The highest BCUT2D eigenvalue weighted by atomic mass is 32.2. The van der Waals surface area contributed by atoms with E-state index in [9.17, 15) is 18.0 Å². The first kappa shape index (κ1) is 20.4. The zero-order chi connectivity index (χ0) is 20.3. The van der Waals surface area contributed by atoms with Crippen molar-refractivity contribution in [1.82, 2.24) is 9.21 Å². The maximum Gasteiger partial charge on any atom is 0.246 e. The Bertz CT molecular complexity index is 999. The molecule has 0 bridgehead atoms. The molecule has 0 unspecified atom stereocenters. The third kappa shape index (κ3) is 4.40. The van der Waals surface area contributed by atoms with Gasteiger partial charge in [-0.25, -0.2) is 8.42 Å². The zero-order valence-corrected chi connectivity index (χ0v) is 17.4. The van der Waals surface area contributed by atoms with Crippen molar-refractivity contribution < 1.29 is 18.0 Å². The maximum absolute atomic E-state index is 12.8. The summed E-state index contributed by atoms with van der Waals surface area (Å²) in [5.41, 5.74) is 1.60. The van der Waals surface area contributed by atoms with Crippen LogP contribution in [0.3, 0.4) is 0 Å². The Labute approximate surface area is 169 Å². The number of carbonyl (C=O) groups is 2. The van der Waals surface area contributed by atoms with Crippen LogP contribution in [-0.2, 0) is 14.8 Å². The SMILES string of the molecule is CC(=O)c1ccc(S(=O)(=O)N2CCN(C(=O)C=Cc3sccc3C)CC2)cc1. The molecule has 0 atom stereocenters. The Morgan fingerprint density at radius 3 is 2.21 bits per heavy atom. The highest BCUT2D eigenvalue weighted by molar-refractivity contribution is 7.89. The van der Waals surface area contributed by atoms with Gasteiger partial charge in [0.2, 0.25) is 15.9 Å². The highest BCUT2D eigenvalue weighted by Gasteiger charge is 2.29. The van der Waals surface area contributed by atoms with E-state index in [-0.39, 0.29) is 29.7 Å². The van der Waals surface area contributed by atoms with E-state index in [0.29, 0.717) is 18.7 Å². The summed E-state index contributed by atoms with van der Waals surface area (Å²) in [7, 11) is -3.64. The summed E-state index contributed by atoms with van der Waals surface area (Å²) in [6, 6.07) is 7.95. The van der Waals surface area contributed by atoms with Crippen LogP contribution in [0.4, 0.5) is 0 Å². The van der Waals surface area contributed by atoms with Gasteiger partial charge < -0.3 is 4.90 Å². The van der Waals surface area contributed by atoms with Crippen molar-refractivity contribution in [2.24, 2.45) is 0 Å². The average molecular weight is 419 g/mol. The highest BCUT2D eigenvalue weighted by Crippen LogP contribution is 2.20. The van der Waals surface area contributed by atoms with E-state index in [2.05, 4.69) is 0 Å². The van der Waals surface area contributed by atoms with Gasteiger partial charge in [0.1, 0.15) is 0 Å². The fraction of sp³-hybridized carbons (Fsp3) is 0.300. The molecule has 3 rings (SSSR count). The Morgan fingerprint density at radius 2 is 1.68 bits per heavy atom. The van der Waals surface area contributed by atoms with Gasteiger partial charge in [0.15, 0.2) is 5.78 Å². The van der Waals surface area contributed by atoms with E-state index in [1.54, 1.807) is 22.3 Å². The van der Waals surface area contributed by atoms with E-state index in [1.165, 1.54) is 35.5 Å². The minimum absolute atomic E-state index is 0.109.